The molecule has 21 heavy (non-hydrogen) atoms. The topological polar surface area (TPSA) is 52.0 Å². The van der Waals surface area contributed by atoms with Crippen LogP contribution < -0.4 is 0 Å². The van der Waals surface area contributed by atoms with Crippen LogP contribution in [0.1, 0.15) is 38.1 Å². The van der Waals surface area contributed by atoms with Crippen LogP contribution in [0.3, 0.4) is 0 Å². The van der Waals surface area contributed by atoms with Gasteiger partial charge in [-0.15, -0.1) is 11.6 Å². The van der Waals surface area contributed by atoms with Crippen molar-refractivity contribution >= 4 is 32.5 Å². The minimum atomic E-state index is -3.30. The van der Waals surface area contributed by atoms with Crippen LogP contribution in [0, 0.1) is 5.92 Å². The third kappa shape index (κ3) is 2.81. The van der Waals surface area contributed by atoms with Crippen molar-refractivity contribution < 1.29 is 8.42 Å². The Morgan fingerprint density at radius 3 is 2.71 bits per heavy atom. The van der Waals surface area contributed by atoms with Crippen molar-refractivity contribution in [2.45, 2.75) is 43.0 Å². The fraction of sp³-hybridized carbons (Fsp3) is 0.533. The maximum Gasteiger partial charge on any atom is 0.177 e. The molecule has 3 rings (SSSR count). The highest BCUT2D eigenvalue weighted by Gasteiger charge is 2.27. The van der Waals surface area contributed by atoms with E-state index in [9.17, 15) is 8.42 Å². The largest absolute Gasteiger partial charge is 0.324 e. The number of para-hydroxylation sites is 1. The summed E-state index contributed by atoms with van der Waals surface area (Å²) < 4.78 is 26.0. The molecule has 1 heterocycles. The summed E-state index contributed by atoms with van der Waals surface area (Å²) in [6.45, 7) is 2.16. The van der Waals surface area contributed by atoms with Gasteiger partial charge in [0.25, 0.3) is 0 Å². The molecule has 1 aromatic heterocycles. The molecule has 1 aliphatic carbocycles. The Morgan fingerprint density at radius 2 is 2.14 bits per heavy atom. The Morgan fingerprint density at radius 1 is 1.43 bits per heavy atom. The smallest absolute Gasteiger partial charge is 0.177 e. The molecule has 0 saturated heterocycles. The summed E-state index contributed by atoms with van der Waals surface area (Å²) >= 11 is 6.03. The van der Waals surface area contributed by atoms with Crippen LogP contribution in [-0.2, 0) is 15.7 Å². The predicted octanol–water partition coefficient (Wildman–Crippen LogP) is 3.54. The van der Waals surface area contributed by atoms with Crippen LogP contribution in [0.2, 0.25) is 0 Å². The maximum atomic E-state index is 11.9. The van der Waals surface area contributed by atoms with Crippen LogP contribution in [0.25, 0.3) is 11.0 Å². The number of sulfone groups is 1. The van der Waals surface area contributed by atoms with E-state index in [4.69, 9.17) is 11.6 Å². The van der Waals surface area contributed by atoms with Crippen LogP contribution >= 0.6 is 11.6 Å². The normalized spacial score (nSPS) is 17.3. The van der Waals surface area contributed by atoms with Crippen molar-refractivity contribution in [1.29, 1.82) is 0 Å². The van der Waals surface area contributed by atoms with Gasteiger partial charge in [-0.3, -0.25) is 0 Å². The molecule has 0 bridgehead atoms. The van der Waals surface area contributed by atoms with E-state index in [0.717, 1.165) is 23.7 Å². The molecule has 0 N–H and O–H groups in total. The lowest BCUT2D eigenvalue weighted by atomic mass is 10.1. The highest BCUT2D eigenvalue weighted by molar-refractivity contribution is 7.91. The third-order valence-corrected chi connectivity index (χ3v) is 5.45. The summed E-state index contributed by atoms with van der Waals surface area (Å²) in [5, 5.41) is 0. The number of hydrogen-bond donors (Lipinski definition) is 0. The molecule has 1 aliphatic rings. The van der Waals surface area contributed by atoms with Gasteiger partial charge >= 0.3 is 0 Å². The SMILES string of the molecule is CC(CC1CC1)n1c(CCl)nc2c(S(C)(=O)=O)cccc21. The minimum absolute atomic E-state index is 0.281. The number of hydrogen-bond acceptors (Lipinski definition) is 3. The highest BCUT2D eigenvalue weighted by atomic mass is 35.5. The van der Waals surface area contributed by atoms with Crippen molar-refractivity contribution in [1.82, 2.24) is 9.55 Å². The van der Waals surface area contributed by atoms with Crippen LogP contribution in [0.5, 0.6) is 0 Å². The summed E-state index contributed by atoms with van der Waals surface area (Å²) in [5.74, 6) is 1.82. The fourth-order valence-corrected chi connectivity index (χ4v) is 3.98. The molecule has 114 valence electrons. The van der Waals surface area contributed by atoms with Crippen molar-refractivity contribution in [2.75, 3.05) is 6.26 Å². The van der Waals surface area contributed by atoms with E-state index in [-0.39, 0.29) is 16.8 Å². The van der Waals surface area contributed by atoms with Gasteiger partial charge in [0.05, 0.1) is 16.3 Å². The van der Waals surface area contributed by atoms with Gasteiger partial charge in [0, 0.05) is 12.3 Å². The van der Waals surface area contributed by atoms with Crippen LogP contribution in [0.15, 0.2) is 23.1 Å². The van der Waals surface area contributed by atoms with E-state index in [1.807, 2.05) is 6.07 Å². The molecule has 2 aromatic rings. The predicted molar refractivity (Wildman–Crippen MR) is 84.5 cm³/mol. The van der Waals surface area contributed by atoms with Gasteiger partial charge in [-0.05, 0) is 31.4 Å². The van der Waals surface area contributed by atoms with Gasteiger partial charge in [-0.25, -0.2) is 13.4 Å². The van der Waals surface area contributed by atoms with E-state index in [1.54, 1.807) is 12.1 Å². The second-order valence-electron chi connectivity index (χ2n) is 5.96. The molecule has 1 fully saturated rings. The van der Waals surface area contributed by atoms with Crippen LogP contribution in [-0.4, -0.2) is 24.2 Å². The zero-order valence-corrected chi connectivity index (χ0v) is 13.8. The number of imidazole rings is 1. The lowest BCUT2D eigenvalue weighted by molar-refractivity contribution is 0.477. The molecule has 0 aliphatic heterocycles. The van der Waals surface area contributed by atoms with E-state index < -0.39 is 9.84 Å². The first-order chi connectivity index (χ1) is 9.91. The molecule has 0 radical (unpaired) electrons. The number of aromatic nitrogens is 2. The zero-order valence-electron chi connectivity index (χ0n) is 12.2. The molecular formula is C15H19ClN2O2S. The quantitative estimate of drug-likeness (QED) is 0.790. The highest BCUT2D eigenvalue weighted by Crippen LogP contribution is 2.38. The number of halogens is 1. The standard InChI is InChI=1S/C15H19ClN2O2S/c1-10(8-11-6-7-11)18-12-4-3-5-13(21(2,19)20)15(12)17-14(18)9-16/h3-5,10-11H,6-9H2,1-2H3. The fourth-order valence-electron chi connectivity index (χ4n) is 2.97. The van der Waals surface area contributed by atoms with Crippen molar-refractivity contribution in [2.24, 2.45) is 5.92 Å². The second kappa shape index (κ2) is 5.29. The summed E-state index contributed by atoms with van der Waals surface area (Å²) in [6.07, 6.45) is 4.90. The van der Waals surface area contributed by atoms with E-state index >= 15 is 0 Å². The first-order valence-electron chi connectivity index (χ1n) is 7.17. The molecule has 4 nitrogen and oxygen atoms in total. The molecular weight excluding hydrogens is 308 g/mol. The lowest BCUT2D eigenvalue weighted by Crippen LogP contribution is -2.09. The van der Waals surface area contributed by atoms with Gasteiger partial charge in [0.1, 0.15) is 11.3 Å². The number of fused-ring (bicyclic) bond motifs is 1. The number of rotatable bonds is 5. The summed E-state index contributed by atoms with van der Waals surface area (Å²) in [7, 11) is -3.30. The third-order valence-electron chi connectivity index (χ3n) is 4.09. The first kappa shape index (κ1) is 14.9. The number of nitrogens with zero attached hydrogens (tertiary/aromatic N) is 2. The van der Waals surface area contributed by atoms with Gasteiger partial charge in [-0.2, -0.15) is 0 Å². The summed E-state index contributed by atoms with van der Waals surface area (Å²) in [4.78, 5) is 4.78. The Hall–Kier alpha value is -1.07. The summed E-state index contributed by atoms with van der Waals surface area (Å²) in [5.41, 5.74) is 1.40. The number of alkyl halides is 1. The maximum absolute atomic E-state index is 11.9. The Balaban J connectivity index is 2.18. The van der Waals surface area contributed by atoms with Crippen LogP contribution in [0.4, 0.5) is 0 Å². The molecule has 1 atom stereocenters. The monoisotopic (exact) mass is 326 g/mol. The average molecular weight is 327 g/mol. The molecule has 1 unspecified atom stereocenters. The second-order valence-corrected chi connectivity index (χ2v) is 8.21. The van der Waals surface area contributed by atoms with E-state index in [0.29, 0.717) is 5.52 Å². The van der Waals surface area contributed by atoms with Crippen molar-refractivity contribution in [3.8, 4) is 0 Å². The summed E-state index contributed by atoms with van der Waals surface area (Å²) in [6, 6.07) is 5.60. The Bertz CT molecular complexity index is 778. The van der Waals surface area contributed by atoms with Crippen molar-refractivity contribution in [3.63, 3.8) is 0 Å². The molecule has 1 saturated carbocycles. The molecule has 0 spiro atoms. The molecule has 1 aromatic carbocycles. The zero-order chi connectivity index (χ0) is 15.2. The Kier molecular flexibility index (Phi) is 3.74. The number of benzene rings is 1. The van der Waals surface area contributed by atoms with Gasteiger partial charge < -0.3 is 4.57 Å². The van der Waals surface area contributed by atoms with Gasteiger partial charge in [-0.1, -0.05) is 18.9 Å². The lowest BCUT2D eigenvalue weighted by Gasteiger charge is -2.16. The molecule has 6 heteroatoms. The van der Waals surface area contributed by atoms with E-state index in [2.05, 4.69) is 16.5 Å². The minimum Gasteiger partial charge on any atom is -0.324 e. The first-order valence-corrected chi connectivity index (χ1v) is 9.60. The Labute approximate surface area is 130 Å². The van der Waals surface area contributed by atoms with E-state index in [1.165, 1.54) is 19.1 Å². The van der Waals surface area contributed by atoms with Gasteiger partial charge in [0.2, 0.25) is 0 Å². The van der Waals surface area contributed by atoms with Gasteiger partial charge in [0.15, 0.2) is 9.84 Å². The van der Waals surface area contributed by atoms with Crippen molar-refractivity contribution in [3.05, 3.63) is 24.0 Å². The average Bonchev–Trinajstić information content (AvgIpc) is 3.14. The molecule has 0 amide bonds.